The molecule has 0 radical (unpaired) electrons. The molecule has 5 heteroatoms. The van der Waals surface area contributed by atoms with Gasteiger partial charge in [-0.05, 0) is 24.7 Å². The number of hydrogen-bond acceptors (Lipinski definition) is 5. The summed E-state index contributed by atoms with van der Waals surface area (Å²) in [5.74, 6) is 0.923. The number of hydrogen-bond donors (Lipinski definition) is 2. The number of piperazine rings is 1. The van der Waals surface area contributed by atoms with Crippen molar-refractivity contribution in [2.45, 2.75) is 6.54 Å². The first kappa shape index (κ1) is 13.3. The SMILES string of the molecule is CN1CCN(Cc2ccnc(NCCN)c2)CC1. The average molecular weight is 249 g/mol. The van der Waals surface area contributed by atoms with Crippen molar-refractivity contribution < 1.29 is 0 Å². The van der Waals surface area contributed by atoms with Crippen molar-refractivity contribution in [3.05, 3.63) is 23.9 Å². The summed E-state index contributed by atoms with van der Waals surface area (Å²) >= 11 is 0. The van der Waals surface area contributed by atoms with Gasteiger partial charge in [0, 0.05) is 52.0 Å². The normalized spacial score (nSPS) is 17.9. The van der Waals surface area contributed by atoms with Gasteiger partial charge in [-0.25, -0.2) is 4.98 Å². The Morgan fingerprint density at radius 2 is 2.11 bits per heavy atom. The van der Waals surface area contributed by atoms with Gasteiger partial charge in [0.25, 0.3) is 0 Å². The standard InChI is InChI=1S/C13H23N5/c1-17-6-8-18(9-7-17)11-12-2-4-15-13(10-12)16-5-3-14/h2,4,10H,3,5-9,11,14H2,1H3,(H,15,16). The summed E-state index contributed by atoms with van der Waals surface area (Å²) in [6, 6.07) is 4.21. The van der Waals surface area contributed by atoms with Crippen molar-refractivity contribution in [1.29, 1.82) is 0 Å². The van der Waals surface area contributed by atoms with Crippen LogP contribution >= 0.6 is 0 Å². The number of rotatable bonds is 5. The Bertz CT molecular complexity index is 360. The summed E-state index contributed by atoms with van der Waals surface area (Å²) < 4.78 is 0. The fraction of sp³-hybridized carbons (Fsp3) is 0.615. The molecule has 1 saturated heterocycles. The van der Waals surface area contributed by atoms with E-state index >= 15 is 0 Å². The van der Waals surface area contributed by atoms with Crippen molar-refractivity contribution in [3.8, 4) is 0 Å². The monoisotopic (exact) mass is 249 g/mol. The van der Waals surface area contributed by atoms with Crippen LogP contribution in [-0.2, 0) is 6.54 Å². The number of nitrogens with one attached hydrogen (secondary N) is 1. The molecule has 18 heavy (non-hydrogen) atoms. The zero-order valence-corrected chi connectivity index (χ0v) is 11.1. The molecule has 0 amide bonds. The number of aromatic nitrogens is 1. The predicted molar refractivity (Wildman–Crippen MR) is 74.6 cm³/mol. The quantitative estimate of drug-likeness (QED) is 0.781. The Morgan fingerprint density at radius 3 is 2.83 bits per heavy atom. The van der Waals surface area contributed by atoms with Crippen LogP contribution < -0.4 is 11.1 Å². The second-order valence-corrected chi connectivity index (χ2v) is 4.84. The maximum Gasteiger partial charge on any atom is 0.126 e. The molecule has 5 nitrogen and oxygen atoms in total. The second-order valence-electron chi connectivity index (χ2n) is 4.84. The highest BCUT2D eigenvalue weighted by molar-refractivity contribution is 5.37. The van der Waals surface area contributed by atoms with Gasteiger partial charge < -0.3 is 16.0 Å². The molecule has 3 N–H and O–H groups in total. The molecule has 0 saturated carbocycles. The molecular weight excluding hydrogens is 226 g/mol. The van der Waals surface area contributed by atoms with E-state index in [1.54, 1.807) is 0 Å². The van der Waals surface area contributed by atoms with E-state index in [0.717, 1.165) is 45.1 Å². The first-order valence-electron chi connectivity index (χ1n) is 6.57. The molecule has 2 rings (SSSR count). The molecule has 0 atom stereocenters. The Morgan fingerprint density at radius 1 is 1.33 bits per heavy atom. The van der Waals surface area contributed by atoms with Crippen molar-refractivity contribution in [3.63, 3.8) is 0 Å². The minimum atomic E-state index is 0.629. The molecule has 0 spiro atoms. The fourth-order valence-electron chi connectivity index (χ4n) is 2.13. The maximum absolute atomic E-state index is 5.47. The van der Waals surface area contributed by atoms with Gasteiger partial charge in [0.15, 0.2) is 0 Å². The molecular formula is C13H23N5. The Kier molecular flexibility index (Phi) is 4.92. The third-order valence-electron chi connectivity index (χ3n) is 3.28. The summed E-state index contributed by atoms with van der Waals surface area (Å²) in [7, 11) is 2.18. The van der Waals surface area contributed by atoms with E-state index < -0.39 is 0 Å². The van der Waals surface area contributed by atoms with E-state index in [9.17, 15) is 0 Å². The Hall–Kier alpha value is -1.17. The third-order valence-corrected chi connectivity index (χ3v) is 3.28. The molecule has 1 aromatic heterocycles. The first-order valence-corrected chi connectivity index (χ1v) is 6.57. The van der Waals surface area contributed by atoms with E-state index in [2.05, 4.69) is 39.3 Å². The molecule has 2 heterocycles. The van der Waals surface area contributed by atoms with Gasteiger partial charge in [0.05, 0.1) is 0 Å². The van der Waals surface area contributed by atoms with Crippen LogP contribution in [0.25, 0.3) is 0 Å². The molecule has 100 valence electrons. The van der Waals surface area contributed by atoms with Gasteiger partial charge in [-0.15, -0.1) is 0 Å². The number of nitrogens with zero attached hydrogens (tertiary/aromatic N) is 3. The van der Waals surface area contributed by atoms with Crippen LogP contribution in [0.3, 0.4) is 0 Å². The topological polar surface area (TPSA) is 57.4 Å². The van der Waals surface area contributed by atoms with E-state index in [0.29, 0.717) is 6.54 Å². The summed E-state index contributed by atoms with van der Waals surface area (Å²) in [4.78, 5) is 9.15. The van der Waals surface area contributed by atoms with Crippen molar-refractivity contribution in [1.82, 2.24) is 14.8 Å². The summed E-state index contributed by atoms with van der Waals surface area (Å²) in [6.07, 6.45) is 1.87. The zero-order chi connectivity index (χ0) is 12.8. The Labute approximate surface area is 109 Å². The van der Waals surface area contributed by atoms with Gasteiger partial charge in [0.2, 0.25) is 0 Å². The van der Waals surface area contributed by atoms with E-state index in [1.807, 2.05) is 6.20 Å². The number of likely N-dealkylation sites (N-methyl/N-ethyl adjacent to an activating group) is 1. The highest BCUT2D eigenvalue weighted by Gasteiger charge is 2.13. The van der Waals surface area contributed by atoms with Crippen molar-refractivity contribution in [2.24, 2.45) is 5.73 Å². The lowest BCUT2D eigenvalue weighted by atomic mass is 10.2. The summed E-state index contributed by atoms with van der Waals surface area (Å²) in [5.41, 5.74) is 6.79. The van der Waals surface area contributed by atoms with Crippen LogP contribution in [0.4, 0.5) is 5.82 Å². The van der Waals surface area contributed by atoms with Gasteiger partial charge in [-0.1, -0.05) is 0 Å². The molecule has 1 fully saturated rings. The van der Waals surface area contributed by atoms with Crippen molar-refractivity contribution >= 4 is 5.82 Å². The van der Waals surface area contributed by atoms with Crippen LogP contribution in [0.15, 0.2) is 18.3 Å². The van der Waals surface area contributed by atoms with Crippen LogP contribution in [0.5, 0.6) is 0 Å². The Balaban J connectivity index is 1.88. The minimum Gasteiger partial charge on any atom is -0.369 e. The smallest absolute Gasteiger partial charge is 0.126 e. The van der Waals surface area contributed by atoms with Crippen LogP contribution in [0.2, 0.25) is 0 Å². The summed E-state index contributed by atoms with van der Waals surface area (Å²) in [6.45, 7) is 7.00. The number of anilines is 1. The zero-order valence-electron chi connectivity index (χ0n) is 11.1. The average Bonchev–Trinajstić information content (AvgIpc) is 2.40. The lowest BCUT2D eigenvalue weighted by Gasteiger charge is -2.32. The molecule has 0 aliphatic carbocycles. The lowest BCUT2D eigenvalue weighted by molar-refractivity contribution is 0.148. The summed E-state index contributed by atoms with van der Waals surface area (Å²) in [5, 5.41) is 3.22. The third kappa shape index (κ3) is 3.94. The molecule has 0 bridgehead atoms. The van der Waals surface area contributed by atoms with Crippen LogP contribution in [0, 0.1) is 0 Å². The number of pyridine rings is 1. The van der Waals surface area contributed by atoms with Crippen LogP contribution in [-0.4, -0.2) is 61.1 Å². The molecule has 0 unspecified atom stereocenters. The predicted octanol–water partition coefficient (Wildman–Crippen LogP) is 0.200. The van der Waals surface area contributed by atoms with Gasteiger partial charge >= 0.3 is 0 Å². The van der Waals surface area contributed by atoms with E-state index in [1.165, 1.54) is 5.56 Å². The highest BCUT2D eigenvalue weighted by Crippen LogP contribution is 2.11. The van der Waals surface area contributed by atoms with Gasteiger partial charge in [-0.3, -0.25) is 4.90 Å². The molecule has 1 aromatic rings. The fourth-order valence-corrected chi connectivity index (χ4v) is 2.13. The second kappa shape index (κ2) is 6.68. The molecule has 0 aromatic carbocycles. The lowest BCUT2D eigenvalue weighted by Crippen LogP contribution is -2.43. The van der Waals surface area contributed by atoms with Gasteiger partial charge in [-0.2, -0.15) is 0 Å². The molecule has 1 aliphatic heterocycles. The van der Waals surface area contributed by atoms with E-state index in [-0.39, 0.29) is 0 Å². The van der Waals surface area contributed by atoms with Gasteiger partial charge in [0.1, 0.15) is 5.82 Å². The highest BCUT2D eigenvalue weighted by atomic mass is 15.2. The number of nitrogens with two attached hydrogens (primary N) is 1. The minimum absolute atomic E-state index is 0.629. The molecule has 1 aliphatic rings. The maximum atomic E-state index is 5.47. The van der Waals surface area contributed by atoms with E-state index in [4.69, 9.17) is 5.73 Å². The largest absolute Gasteiger partial charge is 0.369 e. The first-order chi connectivity index (χ1) is 8.78. The van der Waals surface area contributed by atoms with Crippen LogP contribution in [0.1, 0.15) is 5.56 Å². The van der Waals surface area contributed by atoms with Crippen molar-refractivity contribution in [2.75, 3.05) is 51.6 Å².